The predicted molar refractivity (Wildman–Crippen MR) is 34.3 cm³/mol. The van der Waals surface area contributed by atoms with Gasteiger partial charge in [-0.25, -0.2) is 5.09 Å². The lowest BCUT2D eigenvalue weighted by molar-refractivity contribution is 1.17. The molecule has 0 aliphatic carbocycles. The van der Waals surface area contributed by atoms with Crippen LogP contribution in [0.5, 0.6) is 0 Å². The highest BCUT2D eigenvalue weighted by Gasteiger charge is 1.93. The van der Waals surface area contributed by atoms with Gasteiger partial charge in [-0.1, -0.05) is 6.92 Å². The highest BCUT2D eigenvalue weighted by molar-refractivity contribution is 7.85. The topological polar surface area (TPSA) is 14.1 Å². The van der Waals surface area contributed by atoms with Crippen molar-refractivity contribution >= 4 is 15.9 Å². The molecular weight excluding hydrogens is 124 g/mol. The summed E-state index contributed by atoms with van der Waals surface area (Å²) in [4.78, 5) is 0. The first-order valence-corrected chi connectivity index (χ1v) is 4.68. The van der Waals surface area contributed by atoms with Gasteiger partial charge >= 0.3 is 0 Å². The van der Waals surface area contributed by atoms with E-state index < -0.39 is 0 Å². The van der Waals surface area contributed by atoms with Gasteiger partial charge < -0.3 is 0 Å². The van der Waals surface area contributed by atoms with Crippen LogP contribution in [-0.2, 0) is 0 Å². The van der Waals surface area contributed by atoms with Crippen molar-refractivity contribution in [3.63, 3.8) is 0 Å². The molecule has 0 saturated heterocycles. The fourth-order valence-corrected chi connectivity index (χ4v) is 2.30. The molecule has 0 saturated carbocycles. The summed E-state index contributed by atoms with van der Waals surface area (Å²) in [6, 6.07) is 0. The fourth-order valence-electron chi connectivity index (χ4n) is 0.364. The molecule has 1 aliphatic heterocycles. The third-order valence-electron chi connectivity index (χ3n) is 0.794. The first-order valence-electron chi connectivity index (χ1n) is 2.23. The lowest BCUT2D eigenvalue weighted by atomic mass is 10.5. The second kappa shape index (κ2) is 2.45. The Morgan fingerprint density at radius 3 is 3.00 bits per heavy atom. The maximum Gasteiger partial charge on any atom is 0.0696 e. The van der Waals surface area contributed by atoms with Gasteiger partial charge in [0.15, 0.2) is 0 Å². The van der Waals surface area contributed by atoms with Gasteiger partial charge in [0.2, 0.25) is 0 Å². The number of allylic oxidation sites excluding steroid dienone is 1. The molecule has 0 amide bonds. The molecule has 0 aromatic rings. The second-order valence-electron chi connectivity index (χ2n) is 1.28. The van der Waals surface area contributed by atoms with Crippen molar-refractivity contribution in [3.05, 3.63) is 11.5 Å². The van der Waals surface area contributed by atoms with E-state index in [1.165, 1.54) is 21.2 Å². The Morgan fingerprint density at radius 2 is 2.71 bits per heavy atom. The highest BCUT2D eigenvalue weighted by Crippen LogP contribution is 2.31. The minimum atomic E-state index is 1.16. The fraction of sp³-hybridized carbons (Fsp3) is 0.500. The maximum absolute atomic E-state index is 4.03. The van der Waals surface area contributed by atoms with Crippen LogP contribution in [0.3, 0.4) is 0 Å². The van der Waals surface area contributed by atoms with Crippen molar-refractivity contribution in [2.75, 3.05) is 0 Å². The molecule has 37 valence electrons. The molecule has 0 unspecified atom stereocenters. The number of hydrogen-bond acceptors (Lipinski definition) is 0. The van der Waals surface area contributed by atoms with Gasteiger partial charge in [-0.15, -0.1) is 0 Å². The van der Waals surface area contributed by atoms with E-state index in [4.69, 9.17) is 0 Å². The summed E-state index contributed by atoms with van der Waals surface area (Å²) < 4.78 is 0. The first-order chi connectivity index (χ1) is 3.43. The van der Waals surface area contributed by atoms with E-state index in [9.17, 15) is 0 Å². The third-order valence-corrected chi connectivity index (χ3v) is 3.14. The normalized spacial score (nSPS) is 21.0. The minimum absolute atomic E-state index is 1.16. The van der Waals surface area contributed by atoms with Gasteiger partial charge in [-0.2, -0.15) is 0 Å². The largest absolute Gasteiger partial charge is 0.230 e. The van der Waals surface area contributed by atoms with Gasteiger partial charge in [0, 0.05) is 11.5 Å². The average molecular weight is 130 g/mol. The van der Waals surface area contributed by atoms with Crippen molar-refractivity contribution in [2.45, 2.75) is 13.3 Å². The number of hydrogen-bond donors (Lipinski definition) is 0. The Hall–Kier alpha value is 0.140. The summed E-state index contributed by atoms with van der Waals surface area (Å²) in [5, 5.41) is 5.49. The molecule has 1 heterocycles. The molecule has 0 fully saturated rings. The van der Waals surface area contributed by atoms with Gasteiger partial charge in [0.05, 0.1) is 8.02 Å². The van der Waals surface area contributed by atoms with Crippen LogP contribution in [0.4, 0.5) is 0 Å². The van der Waals surface area contributed by atoms with E-state index in [1.807, 2.05) is 6.20 Å². The SMILES string of the molecule is CCC1=C[N]P=P1. The lowest BCUT2D eigenvalue weighted by Crippen LogP contribution is -1.67. The maximum atomic E-state index is 4.03. The molecule has 1 aliphatic rings. The molecule has 0 spiro atoms. The smallest absolute Gasteiger partial charge is 0.0696 e. The van der Waals surface area contributed by atoms with Crippen molar-refractivity contribution in [1.29, 1.82) is 0 Å². The summed E-state index contributed by atoms with van der Waals surface area (Å²) in [7, 11) is 2.59. The lowest BCUT2D eigenvalue weighted by Gasteiger charge is -1.80. The van der Waals surface area contributed by atoms with Crippen molar-refractivity contribution < 1.29 is 0 Å². The average Bonchev–Trinajstić information content (AvgIpc) is 2.14. The van der Waals surface area contributed by atoms with Crippen LogP contribution in [0.15, 0.2) is 11.5 Å². The van der Waals surface area contributed by atoms with E-state index in [1.54, 1.807) is 0 Å². The molecule has 0 bridgehead atoms. The van der Waals surface area contributed by atoms with E-state index in [0.29, 0.717) is 0 Å². The molecule has 0 aromatic heterocycles. The van der Waals surface area contributed by atoms with Crippen molar-refractivity contribution in [2.24, 2.45) is 0 Å². The Labute approximate surface area is 46.7 Å². The zero-order valence-electron chi connectivity index (χ0n) is 4.13. The van der Waals surface area contributed by atoms with Crippen LogP contribution >= 0.6 is 15.9 Å². The van der Waals surface area contributed by atoms with Crippen LogP contribution in [0.25, 0.3) is 0 Å². The summed E-state index contributed by atoms with van der Waals surface area (Å²) in [5.41, 5.74) is 0. The van der Waals surface area contributed by atoms with E-state index >= 15 is 0 Å². The zero-order chi connectivity index (χ0) is 5.11. The summed E-state index contributed by atoms with van der Waals surface area (Å²) >= 11 is 0. The Balaban J connectivity index is 2.52. The Bertz CT molecular complexity index is 117. The van der Waals surface area contributed by atoms with Crippen molar-refractivity contribution in [1.82, 2.24) is 5.09 Å². The predicted octanol–water partition coefficient (Wildman–Crippen LogP) is 2.58. The molecule has 0 aromatic carbocycles. The van der Waals surface area contributed by atoms with E-state index in [2.05, 4.69) is 12.0 Å². The highest BCUT2D eigenvalue weighted by atomic mass is 31.7. The van der Waals surface area contributed by atoms with Gasteiger partial charge in [0.1, 0.15) is 0 Å². The first kappa shape index (κ1) is 5.28. The monoisotopic (exact) mass is 130 g/mol. The van der Waals surface area contributed by atoms with Crippen LogP contribution in [0.2, 0.25) is 0 Å². The molecular formula is C4H6NP2. The van der Waals surface area contributed by atoms with E-state index in [0.717, 1.165) is 6.42 Å². The Kier molecular flexibility index (Phi) is 1.85. The van der Waals surface area contributed by atoms with Gasteiger partial charge in [-0.3, -0.25) is 0 Å². The molecule has 3 heteroatoms. The zero-order valence-corrected chi connectivity index (χ0v) is 5.91. The van der Waals surface area contributed by atoms with E-state index in [-0.39, 0.29) is 0 Å². The molecule has 1 nitrogen and oxygen atoms in total. The summed E-state index contributed by atoms with van der Waals surface area (Å²) in [5.74, 6) is 0. The van der Waals surface area contributed by atoms with Gasteiger partial charge in [0.25, 0.3) is 0 Å². The number of nitrogens with zero attached hydrogens (tertiary/aromatic N) is 1. The van der Waals surface area contributed by atoms with Crippen LogP contribution in [0, 0.1) is 0 Å². The summed E-state index contributed by atoms with van der Waals surface area (Å²) in [6.07, 6.45) is 3.14. The standard InChI is InChI=1S/C4H6NP2/c1-2-4-3-5-7-6-4/h3H,2H2,1H3. The quantitative estimate of drug-likeness (QED) is 0.484. The molecule has 1 rings (SSSR count). The van der Waals surface area contributed by atoms with Gasteiger partial charge in [-0.05, 0) is 14.3 Å². The summed E-state index contributed by atoms with van der Waals surface area (Å²) in [6.45, 7) is 2.16. The molecule has 0 atom stereocenters. The minimum Gasteiger partial charge on any atom is -0.230 e. The molecule has 1 radical (unpaired) electrons. The Morgan fingerprint density at radius 1 is 1.86 bits per heavy atom. The molecule has 0 N–H and O–H groups in total. The van der Waals surface area contributed by atoms with Crippen LogP contribution < -0.4 is 5.09 Å². The number of rotatable bonds is 1. The van der Waals surface area contributed by atoms with Crippen molar-refractivity contribution in [3.8, 4) is 0 Å². The van der Waals surface area contributed by atoms with Crippen LogP contribution in [-0.4, -0.2) is 0 Å². The second-order valence-corrected chi connectivity index (χ2v) is 3.60. The third kappa shape index (κ3) is 1.26. The molecule has 7 heavy (non-hydrogen) atoms. The van der Waals surface area contributed by atoms with Crippen LogP contribution in [0.1, 0.15) is 13.3 Å².